The van der Waals surface area contributed by atoms with Gasteiger partial charge in [0, 0.05) is 24.7 Å². The first kappa shape index (κ1) is 20.8. The quantitative estimate of drug-likeness (QED) is 0.711. The van der Waals surface area contributed by atoms with Gasteiger partial charge in [-0.05, 0) is 41.9 Å². The van der Waals surface area contributed by atoms with Crippen molar-refractivity contribution < 1.29 is 19.4 Å². The van der Waals surface area contributed by atoms with Crippen molar-refractivity contribution in [3.8, 4) is 0 Å². The first-order chi connectivity index (χ1) is 12.3. The standard InChI is InChI=1S/C20H29NO4S/c1-20(2,3)15-4-6-16(7-5-15)26-13-18(22)21-12-17(19(23)24)14-8-10-25-11-9-14/h4-7,14,17H,8-13H2,1-3H3,(H,21,22)(H,23,24). The molecule has 5 nitrogen and oxygen atoms in total. The molecule has 0 bridgehead atoms. The summed E-state index contributed by atoms with van der Waals surface area (Å²) >= 11 is 1.46. The summed E-state index contributed by atoms with van der Waals surface area (Å²) in [5, 5.41) is 12.2. The predicted octanol–water partition coefficient (Wildman–Crippen LogP) is 3.32. The third-order valence-electron chi connectivity index (χ3n) is 4.76. The van der Waals surface area contributed by atoms with Crippen LogP contribution >= 0.6 is 11.8 Å². The van der Waals surface area contributed by atoms with Gasteiger partial charge in [0.05, 0.1) is 11.7 Å². The summed E-state index contributed by atoms with van der Waals surface area (Å²) in [6, 6.07) is 8.24. The van der Waals surface area contributed by atoms with Gasteiger partial charge in [0.15, 0.2) is 0 Å². The van der Waals surface area contributed by atoms with E-state index in [4.69, 9.17) is 4.74 Å². The molecular weight excluding hydrogens is 350 g/mol. The van der Waals surface area contributed by atoms with Crippen molar-refractivity contribution in [3.63, 3.8) is 0 Å². The number of amides is 1. The number of carbonyl (C=O) groups is 2. The van der Waals surface area contributed by atoms with Crippen LogP contribution in [0.3, 0.4) is 0 Å². The molecule has 1 fully saturated rings. The highest BCUT2D eigenvalue weighted by atomic mass is 32.2. The van der Waals surface area contributed by atoms with Crippen LogP contribution in [0.1, 0.15) is 39.2 Å². The van der Waals surface area contributed by atoms with E-state index in [0.29, 0.717) is 13.2 Å². The van der Waals surface area contributed by atoms with Crippen LogP contribution in [0.15, 0.2) is 29.2 Å². The molecule has 1 amide bonds. The normalized spacial score (nSPS) is 16.9. The molecule has 1 atom stereocenters. The third kappa shape index (κ3) is 6.32. The maximum Gasteiger partial charge on any atom is 0.308 e. The summed E-state index contributed by atoms with van der Waals surface area (Å²) < 4.78 is 5.29. The third-order valence-corrected chi connectivity index (χ3v) is 5.77. The van der Waals surface area contributed by atoms with Crippen molar-refractivity contribution in [2.24, 2.45) is 11.8 Å². The molecule has 1 aliphatic rings. The fourth-order valence-electron chi connectivity index (χ4n) is 3.05. The molecule has 0 spiro atoms. The summed E-state index contributed by atoms with van der Waals surface area (Å²) in [5.74, 6) is -1.16. The lowest BCUT2D eigenvalue weighted by Gasteiger charge is -2.27. The highest BCUT2D eigenvalue weighted by Crippen LogP contribution is 2.26. The van der Waals surface area contributed by atoms with Gasteiger partial charge in [0.2, 0.25) is 5.91 Å². The van der Waals surface area contributed by atoms with Gasteiger partial charge in [-0.15, -0.1) is 11.8 Å². The monoisotopic (exact) mass is 379 g/mol. The molecule has 2 N–H and O–H groups in total. The molecule has 0 aliphatic carbocycles. The van der Waals surface area contributed by atoms with Crippen LogP contribution in [0.25, 0.3) is 0 Å². The SMILES string of the molecule is CC(C)(C)c1ccc(SCC(=O)NCC(C(=O)O)C2CCOCC2)cc1. The van der Waals surface area contributed by atoms with Gasteiger partial charge in [0.25, 0.3) is 0 Å². The van der Waals surface area contributed by atoms with Crippen molar-refractivity contribution in [3.05, 3.63) is 29.8 Å². The van der Waals surface area contributed by atoms with E-state index in [-0.39, 0.29) is 29.5 Å². The minimum absolute atomic E-state index is 0.0687. The fourth-order valence-corrected chi connectivity index (χ4v) is 3.78. The highest BCUT2D eigenvalue weighted by Gasteiger charge is 2.29. The highest BCUT2D eigenvalue weighted by molar-refractivity contribution is 8.00. The van der Waals surface area contributed by atoms with Gasteiger partial charge < -0.3 is 15.2 Å². The molecule has 1 aromatic carbocycles. The summed E-state index contributed by atoms with van der Waals surface area (Å²) in [6.07, 6.45) is 1.48. The Balaban J connectivity index is 1.79. The van der Waals surface area contributed by atoms with E-state index in [0.717, 1.165) is 17.7 Å². The van der Waals surface area contributed by atoms with Crippen molar-refractivity contribution in [2.75, 3.05) is 25.5 Å². The average Bonchev–Trinajstić information content (AvgIpc) is 2.60. The summed E-state index contributed by atoms with van der Waals surface area (Å²) in [4.78, 5) is 24.6. The maximum absolute atomic E-state index is 12.1. The summed E-state index contributed by atoms with van der Waals surface area (Å²) in [7, 11) is 0. The van der Waals surface area contributed by atoms with Crippen LogP contribution in [0, 0.1) is 11.8 Å². The van der Waals surface area contributed by atoms with Crippen LogP contribution in [0.2, 0.25) is 0 Å². The lowest BCUT2D eigenvalue weighted by atomic mass is 9.86. The van der Waals surface area contributed by atoms with Crippen LogP contribution in [-0.2, 0) is 19.7 Å². The number of benzene rings is 1. The predicted molar refractivity (Wildman–Crippen MR) is 104 cm³/mol. The number of carboxylic acids is 1. The zero-order valence-electron chi connectivity index (χ0n) is 15.8. The minimum Gasteiger partial charge on any atom is -0.481 e. The number of carbonyl (C=O) groups excluding carboxylic acids is 1. The van der Waals surface area contributed by atoms with Crippen LogP contribution < -0.4 is 5.32 Å². The van der Waals surface area contributed by atoms with E-state index >= 15 is 0 Å². The number of nitrogens with one attached hydrogen (secondary N) is 1. The first-order valence-corrected chi connectivity index (χ1v) is 10.1. The average molecular weight is 380 g/mol. The molecule has 0 saturated carbocycles. The van der Waals surface area contributed by atoms with Crippen molar-refractivity contribution in [2.45, 2.75) is 43.9 Å². The topological polar surface area (TPSA) is 75.6 Å². The van der Waals surface area contributed by atoms with Crippen LogP contribution in [-0.4, -0.2) is 42.5 Å². The number of carboxylic acid groups (broad SMARTS) is 1. The molecule has 144 valence electrons. The zero-order valence-corrected chi connectivity index (χ0v) is 16.6. The van der Waals surface area contributed by atoms with E-state index in [2.05, 4.69) is 38.2 Å². The van der Waals surface area contributed by atoms with Gasteiger partial charge in [-0.25, -0.2) is 0 Å². The first-order valence-electron chi connectivity index (χ1n) is 9.08. The minimum atomic E-state index is -0.845. The number of ether oxygens (including phenoxy) is 1. The Morgan fingerprint density at radius 3 is 2.38 bits per heavy atom. The molecule has 1 aromatic rings. The Labute approximate surface area is 159 Å². The second kappa shape index (κ2) is 9.42. The molecule has 0 aromatic heterocycles. The Morgan fingerprint density at radius 1 is 1.23 bits per heavy atom. The van der Waals surface area contributed by atoms with Crippen molar-refractivity contribution in [1.29, 1.82) is 0 Å². The second-order valence-electron chi connectivity index (χ2n) is 7.76. The number of thioether (sulfide) groups is 1. The van der Waals surface area contributed by atoms with Crippen LogP contribution in [0.4, 0.5) is 0 Å². The number of hydrogen-bond acceptors (Lipinski definition) is 4. The number of hydrogen-bond donors (Lipinski definition) is 2. The Morgan fingerprint density at radius 2 is 1.85 bits per heavy atom. The fraction of sp³-hybridized carbons (Fsp3) is 0.600. The zero-order chi connectivity index (χ0) is 19.2. The molecule has 6 heteroatoms. The van der Waals surface area contributed by atoms with Gasteiger partial charge >= 0.3 is 5.97 Å². The molecule has 26 heavy (non-hydrogen) atoms. The number of rotatable bonds is 7. The van der Waals surface area contributed by atoms with E-state index < -0.39 is 11.9 Å². The molecule has 0 radical (unpaired) electrons. The summed E-state index contributed by atoms with van der Waals surface area (Å²) in [6.45, 7) is 7.88. The molecule has 2 rings (SSSR count). The van der Waals surface area contributed by atoms with E-state index in [1.54, 1.807) is 0 Å². The maximum atomic E-state index is 12.1. The lowest BCUT2D eigenvalue weighted by Crippen LogP contribution is -2.39. The molecule has 1 saturated heterocycles. The van der Waals surface area contributed by atoms with Gasteiger partial charge in [-0.2, -0.15) is 0 Å². The van der Waals surface area contributed by atoms with E-state index in [1.807, 2.05) is 12.1 Å². The summed E-state index contributed by atoms with van der Waals surface area (Å²) in [5.41, 5.74) is 1.36. The van der Waals surface area contributed by atoms with Crippen molar-refractivity contribution in [1.82, 2.24) is 5.32 Å². The van der Waals surface area contributed by atoms with E-state index in [9.17, 15) is 14.7 Å². The molecule has 1 unspecified atom stereocenters. The smallest absolute Gasteiger partial charge is 0.308 e. The van der Waals surface area contributed by atoms with Gasteiger partial charge in [0.1, 0.15) is 0 Å². The molecule has 1 aliphatic heterocycles. The molecule has 1 heterocycles. The second-order valence-corrected chi connectivity index (χ2v) is 8.81. The van der Waals surface area contributed by atoms with Crippen molar-refractivity contribution >= 4 is 23.6 Å². The largest absolute Gasteiger partial charge is 0.481 e. The van der Waals surface area contributed by atoms with Gasteiger partial charge in [-0.1, -0.05) is 32.9 Å². The van der Waals surface area contributed by atoms with Gasteiger partial charge in [-0.3, -0.25) is 9.59 Å². The van der Waals surface area contributed by atoms with Crippen LogP contribution in [0.5, 0.6) is 0 Å². The molecular formula is C20H29NO4S. The van der Waals surface area contributed by atoms with E-state index in [1.165, 1.54) is 17.3 Å². The Hall–Kier alpha value is -1.53. The number of aliphatic carboxylic acids is 1. The lowest BCUT2D eigenvalue weighted by molar-refractivity contribution is -0.144. The Kier molecular flexibility index (Phi) is 7.53. The Bertz CT molecular complexity index is 603.